The van der Waals surface area contributed by atoms with Gasteiger partial charge < -0.3 is 0 Å². The molecule has 0 N–H and O–H groups in total. The van der Waals surface area contributed by atoms with Crippen molar-refractivity contribution in [1.29, 1.82) is 0 Å². The third kappa shape index (κ3) is 8.82. The summed E-state index contributed by atoms with van der Waals surface area (Å²) in [6, 6.07) is 0. The van der Waals surface area contributed by atoms with E-state index >= 15 is 0 Å². The minimum Gasteiger partial charge on any atom is -0.232 e. The van der Waals surface area contributed by atoms with Crippen LogP contribution >= 0.6 is 11.8 Å². The van der Waals surface area contributed by atoms with Gasteiger partial charge in [0.25, 0.3) is 0 Å². The van der Waals surface area contributed by atoms with Gasteiger partial charge in [0.1, 0.15) is 0 Å². The van der Waals surface area contributed by atoms with Crippen LogP contribution in [0, 0.1) is 6.92 Å². The molecule has 0 amide bonds. The Hall–Kier alpha value is 0.648. The van der Waals surface area contributed by atoms with Crippen LogP contribution in [0.5, 0.6) is 0 Å². The number of rotatable bonds is 1. The van der Waals surface area contributed by atoms with Crippen LogP contribution in [0.25, 0.3) is 0 Å². The predicted octanol–water partition coefficient (Wildman–Crippen LogP) is 1.69. The van der Waals surface area contributed by atoms with E-state index in [2.05, 4.69) is 13.5 Å². The molecule has 0 spiro atoms. The Morgan fingerprint density at radius 3 is 2.00 bits per heavy atom. The molecule has 0 bridgehead atoms. The van der Waals surface area contributed by atoms with Crippen LogP contribution in [-0.2, 0) is 21.1 Å². The summed E-state index contributed by atoms with van der Waals surface area (Å²) < 4.78 is 0. The molecule has 0 radical (unpaired) electrons. The van der Waals surface area contributed by atoms with Gasteiger partial charge in [0, 0.05) is 21.1 Å². The largest absolute Gasteiger partial charge is 0.232 e. The molecule has 0 fully saturated rings. The first-order valence-electron chi connectivity index (χ1n) is 1.32. The van der Waals surface area contributed by atoms with E-state index in [-0.39, 0.29) is 21.1 Å². The molecule has 0 aromatic rings. The Morgan fingerprint density at radius 2 is 2.00 bits per heavy atom. The SMILES string of the molecule is C=C([CH2-])SC.[W]. The Labute approximate surface area is 57.7 Å². The van der Waals surface area contributed by atoms with Crippen molar-refractivity contribution in [3.63, 3.8) is 0 Å². The van der Waals surface area contributed by atoms with Crippen molar-refractivity contribution in [3.8, 4) is 0 Å². The molecule has 0 aromatic carbocycles. The zero-order valence-corrected chi connectivity index (χ0v) is 7.48. The summed E-state index contributed by atoms with van der Waals surface area (Å²) in [6.07, 6.45) is 1.95. The molecule has 0 aliphatic rings. The molecule has 0 rings (SSSR count). The Kier molecular flexibility index (Phi) is 9.24. The zero-order valence-electron chi connectivity index (χ0n) is 3.73. The van der Waals surface area contributed by atoms with Crippen molar-refractivity contribution in [1.82, 2.24) is 0 Å². The van der Waals surface area contributed by atoms with Crippen LogP contribution in [0.4, 0.5) is 0 Å². The standard InChI is InChI=1S/C4H7S.W/c1-4(2)5-3;/h1-2H2,3H3;/q-1;. The number of hydrogen-bond acceptors (Lipinski definition) is 1. The van der Waals surface area contributed by atoms with Gasteiger partial charge in [-0.15, -0.1) is 0 Å². The molecule has 0 atom stereocenters. The molecule has 0 aliphatic carbocycles. The second-order valence-corrected chi connectivity index (χ2v) is 1.73. The Morgan fingerprint density at radius 1 is 1.83 bits per heavy atom. The maximum absolute atomic E-state index is 3.53. The van der Waals surface area contributed by atoms with Crippen LogP contribution in [-0.4, -0.2) is 6.26 Å². The summed E-state index contributed by atoms with van der Waals surface area (Å²) >= 11 is 1.57. The fourth-order valence-electron chi connectivity index (χ4n) is 0. The average Bonchev–Trinajstić information content (AvgIpc) is 1.38. The van der Waals surface area contributed by atoms with E-state index in [0.717, 1.165) is 4.91 Å². The fraction of sp³-hybridized carbons (Fsp3) is 0.250. The van der Waals surface area contributed by atoms with E-state index in [4.69, 9.17) is 0 Å². The third-order valence-electron chi connectivity index (χ3n) is 0.289. The quantitative estimate of drug-likeness (QED) is 0.654. The van der Waals surface area contributed by atoms with E-state index in [9.17, 15) is 0 Å². The summed E-state index contributed by atoms with van der Waals surface area (Å²) in [5.74, 6) is 0. The van der Waals surface area contributed by atoms with Gasteiger partial charge in [-0.2, -0.15) is 16.7 Å². The minimum absolute atomic E-state index is 0. The monoisotopic (exact) mass is 271 g/mol. The first kappa shape index (κ1) is 9.82. The molecule has 0 saturated heterocycles. The second kappa shape index (κ2) is 5.65. The van der Waals surface area contributed by atoms with Gasteiger partial charge in [-0.05, 0) is 6.26 Å². The molecular weight excluding hydrogens is 264 g/mol. The summed E-state index contributed by atoms with van der Waals surface area (Å²) in [4.78, 5) is 0.921. The molecule has 0 nitrogen and oxygen atoms in total. The van der Waals surface area contributed by atoms with Gasteiger partial charge in [-0.1, -0.05) is 0 Å². The van der Waals surface area contributed by atoms with Crippen molar-refractivity contribution in [2.75, 3.05) is 6.26 Å². The summed E-state index contributed by atoms with van der Waals surface area (Å²) in [5.41, 5.74) is 0. The summed E-state index contributed by atoms with van der Waals surface area (Å²) in [6.45, 7) is 7.05. The fourth-order valence-corrected chi connectivity index (χ4v) is 0. The molecule has 6 heavy (non-hydrogen) atoms. The smallest absolute Gasteiger partial charge is 0 e. The van der Waals surface area contributed by atoms with E-state index in [1.165, 1.54) is 0 Å². The third-order valence-corrected chi connectivity index (χ3v) is 0.866. The Bertz CT molecular complexity index is 42.8. The molecule has 0 aromatic heterocycles. The van der Waals surface area contributed by atoms with Gasteiger partial charge in [0.15, 0.2) is 0 Å². The van der Waals surface area contributed by atoms with Crippen LogP contribution in [0.3, 0.4) is 0 Å². The van der Waals surface area contributed by atoms with Crippen LogP contribution < -0.4 is 0 Å². The van der Waals surface area contributed by atoms with Crippen LogP contribution in [0.2, 0.25) is 0 Å². The van der Waals surface area contributed by atoms with Crippen LogP contribution in [0.15, 0.2) is 11.5 Å². The molecule has 36 valence electrons. The number of thioether (sulfide) groups is 1. The molecule has 0 saturated carbocycles. The zero-order chi connectivity index (χ0) is 4.28. The number of hydrogen-bond donors (Lipinski definition) is 0. The van der Waals surface area contributed by atoms with Gasteiger partial charge in [0.05, 0.1) is 0 Å². The van der Waals surface area contributed by atoms with E-state index in [1.54, 1.807) is 11.8 Å². The van der Waals surface area contributed by atoms with Gasteiger partial charge >= 0.3 is 0 Å². The molecule has 0 unspecified atom stereocenters. The average molecular weight is 271 g/mol. The predicted molar refractivity (Wildman–Crippen MR) is 28.0 cm³/mol. The first-order chi connectivity index (χ1) is 2.27. The van der Waals surface area contributed by atoms with E-state index in [1.807, 2.05) is 6.26 Å². The van der Waals surface area contributed by atoms with Crippen molar-refractivity contribution in [3.05, 3.63) is 18.4 Å². The first-order valence-corrected chi connectivity index (χ1v) is 2.54. The maximum Gasteiger partial charge on any atom is 0 e. The topological polar surface area (TPSA) is 0 Å². The molecular formula is C4H7SW-. The van der Waals surface area contributed by atoms with Crippen molar-refractivity contribution < 1.29 is 21.1 Å². The molecule has 2 heteroatoms. The normalized spacial score (nSPS) is 6.17. The summed E-state index contributed by atoms with van der Waals surface area (Å²) in [7, 11) is 0. The molecule has 0 aliphatic heterocycles. The summed E-state index contributed by atoms with van der Waals surface area (Å²) in [5, 5.41) is 0. The second-order valence-electron chi connectivity index (χ2n) is 0.743. The van der Waals surface area contributed by atoms with Crippen molar-refractivity contribution >= 4 is 11.8 Å². The Balaban J connectivity index is 0. The van der Waals surface area contributed by atoms with Crippen molar-refractivity contribution in [2.45, 2.75) is 0 Å². The minimum atomic E-state index is 0. The van der Waals surface area contributed by atoms with E-state index < -0.39 is 0 Å². The van der Waals surface area contributed by atoms with Gasteiger partial charge in [-0.25, -0.2) is 13.5 Å². The van der Waals surface area contributed by atoms with Gasteiger partial charge in [0.2, 0.25) is 0 Å². The van der Waals surface area contributed by atoms with Gasteiger partial charge in [-0.3, -0.25) is 0 Å². The van der Waals surface area contributed by atoms with Crippen LogP contribution in [0.1, 0.15) is 0 Å². The van der Waals surface area contributed by atoms with Crippen molar-refractivity contribution in [2.24, 2.45) is 0 Å². The molecule has 0 heterocycles. The number of allylic oxidation sites excluding steroid dienone is 1. The van der Waals surface area contributed by atoms with E-state index in [0.29, 0.717) is 0 Å². The maximum atomic E-state index is 3.53.